The first-order valence-electron chi connectivity index (χ1n) is 10.5. The standard InChI is InChI=1S/C27H16F8O/c1-13-3-4-15(7-14(13)2)16-5-6-19(20(28)8-16)17-9-21(29)25(22(30)10-17)27(34,35)36-18-11-23(31)26(33)24(32)12-18/h3-12H,1-2H3. The molecule has 0 saturated heterocycles. The molecule has 0 saturated carbocycles. The van der Waals surface area contributed by atoms with E-state index in [9.17, 15) is 35.1 Å². The van der Waals surface area contributed by atoms with Crippen molar-refractivity contribution < 1.29 is 39.9 Å². The Kier molecular flexibility index (Phi) is 6.51. The lowest BCUT2D eigenvalue weighted by Crippen LogP contribution is -2.25. The molecule has 4 rings (SSSR count). The molecule has 9 heteroatoms. The summed E-state index contributed by atoms with van der Waals surface area (Å²) in [6, 6.07) is 10.6. The molecular formula is C27H16F8O. The van der Waals surface area contributed by atoms with Gasteiger partial charge >= 0.3 is 6.11 Å². The summed E-state index contributed by atoms with van der Waals surface area (Å²) < 4.78 is 117. The minimum Gasteiger partial charge on any atom is -0.429 e. The second kappa shape index (κ2) is 9.29. The van der Waals surface area contributed by atoms with Gasteiger partial charge in [-0.3, -0.25) is 0 Å². The fraction of sp³-hybridized carbons (Fsp3) is 0.111. The molecule has 1 nitrogen and oxygen atoms in total. The van der Waals surface area contributed by atoms with Gasteiger partial charge in [-0.15, -0.1) is 0 Å². The first-order chi connectivity index (χ1) is 16.9. The van der Waals surface area contributed by atoms with Gasteiger partial charge in [-0.1, -0.05) is 30.3 Å². The monoisotopic (exact) mass is 508 g/mol. The Morgan fingerprint density at radius 1 is 0.556 bits per heavy atom. The molecule has 0 N–H and O–H groups in total. The van der Waals surface area contributed by atoms with Crippen molar-refractivity contribution in [2.24, 2.45) is 0 Å². The van der Waals surface area contributed by atoms with Crippen LogP contribution in [0.15, 0.2) is 60.7 Å². The molecule has 0 fully saturated rings. The van der Waals surface area contributed by atoms with Crippen LogP contribution in [0.2, 0.25) is 0 Å². The number of benzene rings is 4. The van der Waals surface area contributed by atoms with Crippen LogP contribution < -0.4 is 4.74 Å². The molecule has 0 amide bonds. The van der Waals surface area contributed by atoms with Gasteiger partial charge < -0.3 is 4.74 Å². The van der Waals surface area contributed by atoms with Gasteiger partial charge in [0, 0.05) is 17.7 Å². The molecule has 0 aliphatic carbocycles. The van der Waals surface area contributed by atoms with Crippen molar-refractivity contribution in [3.8, 4) is 28.0 Å². The van der Waals surface area contributed by atoms with Crippen LogP contribution in [0, 0.1) is 48.8 Å². The first kappa shape index (κ1) is 25.2. The van der Waals surface area contributed by atoms with Gasteiger partial charge in [0.25, 0.3) is 0 Å². The summed E-state index contributed by atoms with van der Waals surface area (Å²) in [5.41, 5.74) is 0.732. The summed E-state index contributed by atoms with van der Waals surface area (Å²) in [5.74, 6) is -11.2. The molecule has 0 spiro atoms. The highest BCUT2D eigenvalue weighted by atomic mass is 19.3. The fourth-order valence-electron chi connectivity index (χ4n) is 3.65. The summed E-state index contributed by atoms with van der Waals surface area (Å²) in [6.07, 6.45) is -4.74. The largest absolute Gasteiger partial charge is 0.432 e. The molecule has 4 aromatic carbocycles. The third-order valence-electron chi connectivity index (χ3n) is 5.66. The molecule has 0 aliphatic heterocycles. The van der Waals surface area contributed by atoms with E-state index in [1.54, 1.807) is 6.07 Å². The van der Waals surface area contributed by atoms with E-state index in [2.05, 4.69) is 4.74 Å². The molecule has 0 bridgehead atoms. The molecule has 0 aliphatic rings. The first-order valence-corrected chi connectivity index (χ1v) is 10.5. The van der Waals surface area contributed by atoms with Gasteiger partial charge in [-0.2, -0.15) is 8.78 Å². The number of aryl methyl sites for hydroxylation is 2. The molecular weight excluding hydrogens is 492 g/mol. The zero-order valence-corrected chi connectivity index (χ0v) is 18.7. The summed E-state index contributed by atoms with van der Waals surface area (Å²) >= 11 is 0. The molecule has 0 radical (unpaired) electrons. The average molecular weight is 508 g/mol. The quantitative estimate of drug-likeness (QED) is 0.194. The molecule has 0 aromatic heterocycles. The minimum absolute atomic E-state index is 0.100. The molecule has 0 unspecified atom stereocenters. The Morgan fingerprint density at radius 3 is 1.64 bits per heavy atom. The summed E-state index contributed by atoms with van der Waals surface area (Å²) in [4.78, 5) is 0. The van der Waals surface area contributed by atoms with Gasteiger partial charge in [0.2, 0.25) is 0 Å². The van der Waals surface area contributed by atoms with Crippen molar-refractivity contribution in [2.45, 2.75) is 20.0 Å². The zero-order chi connectivity index (χ0) is 26.4. The number of hydrogen-bond donors (Lipinski definition) is 0. The van der Waals surface area contributed by atoms with E-state index < -0.39 is 52.3 Å². The number of halogens is 8. The normalized spacial score (nSPS) is 11.6. The van der Waals surface area contributed by atoms with Crippen LogP contribution in [0.5, 0.6) is 5.75 Å². The number of ether oxygens (including phenoxy) is 1. The van der Waals surface area contributed by atoms with Gasteiger partial charge in [0.15, 0.2) is 17.5 Å². The van der Waals surface area contributed by atoms with Crippen LogP contribution in [0.4, 0.5) is 35.1 Å². The molecule has 0 heterocycles. The predicted octanol–water partition coefficient (Wildman–Crippen LogP) is 8.60. The molecule has 186 valence electrons. The van der Waals surface area contributed by atoms with E-state index in [1.807, 2.05) is 26.0 Å². The van der Waals surface area contributed by atoms with E-state index in [-0.39, 0.29) is 23.3 Å². The summed E-state index contributed by atoms with van der Waals surface area (Å²) in [5, 5.41) is 0. The van der Waals surface area contributed by atoms with Crippen LogP contribution in [0.1, 0.15) is 16.7 Å². The Bertz CT molecular complexity index is 1430. The van der Waals surface area contributed by atoms with Crippen molar-refractivity contribution in [1.82, 2.24) is 0 Å². The SMILES string of the molecule is Cc1ccc(-c2ccc(-c3cc(F)c(C(F)(F)Oc4cc(F)c(F)c(F)c4)c(F)c3)c(F)c2)cc1C. The summed E-state index contributed by atoms with van der Waals surface area (Å²) in [6.45, 7) is 3.81. The lowest BCUT2D eigenvalue weighted by molar-refractivity contribution is -0.189. The lowest BCUT2D eigenvalue weighted by Gasteiger charge is -2.20. The van der Waals surface area contributed by atoms with Gasteiger partial charge in [-0.05, 0) is 59.9 Å². The third-order valence-corrected chi connectivity index (χ3v) is 5.66. The number of hydrogen-bond acceptors (Lipinski definition) is 1. The fourth-order valence-corrected chi connectivity index (χ4v) is 3.65. The van der Waals surface area contributed by atoms with Crippen LogP contribution in [0.25, 0.3) is 22.3 Å². The van der Waals surface area contributed by atoms with E-state index in [0.29, 0.717) is 23.3 Å². The van der Waals surface area contributed by atoms with Crippen LogP contribution in [-0.2, 0) is 6.11 Å². The maximum Gasteiger partial charge on any atom is 0.432 e. The summed E-state index contributed by atoms with van der Waals surface area (Å²) in [7, 11) is 0. The van der Waals surface area contributed by atoms with E-state index in [4.69, 9.17) is 0 Å². The van der Waals surface area contributed by atoms with Crippen LogP contribution >= 0.6 is 0 Å². The van der Waals surface area contributed by atoms with Crippen LogP contribution in [0.3, 0.4) is 0 Å². The van der Waals surface area contributed by atoms with Crippen LogP contribution in [-0.4, -0.2) is 0 Å². The lowest BCUT2D eigenvalue weighted by atomic mass is 9.96. The third kappa shape index (κ3) is 4.78. The predicted molar refractivity (Wildman–Crippen MR) is 118 cm³/mol. The second-order valence-corrected chi connectivity index (χ2v) is 8.13. The highest BCUT2D eigenvalue weighted by molar-refractivity contribution is 5.72. The zero-order valence-electron chi connectivity index (χ0n) is 18.7. The molecule has 36 heavy (non-hydrogen) atoms. The number of rotatable bonds is 5. The minimum atomic E-state index is -4.74. The Hall–Kier alpha value is -3.88. The number of alkyl halides is 2. The molecule has 4 aromatic rings. The van der Waals surface area contributed by atoms with Crippen molar-refractivity contribution in [2.75, 3.05) is 0 Å². The van der Waals surface area contributed by atoms with Crippen molar-refractivity contribution in [3.05, 3.63) is 112 Å². The maximum absolute atomic E-state index is 14.9. The highest BCUT2D eigenvalue weighted by Gasteiger charge is 2.41. The van der Waals surface area contributed by atoms with Crippen molar-refractivity contribution >= 4 is 0 Å². The van der Waals surface area contributed by atoms with E-state index in [1.165, 1.54) is 12.1 Å². The average Bonchev–Trinajstić information content (AvgIpc) is 2.78. The van der Waals surface area contributed by atoms with Gasteiger partial charge in [-0.25, -0.2) is 26.3 Å². The van der Waals surface area contributed by atoms with Crippen molar-refractivity contribution in [3.63, 3.8) is 0 Å². The maximum atomic E-state index is 14.9. The topological polar surface area (TPSA) is 9.23 Å². The Balaban J connectivity index is 1.68. The Morgan fingerprint density at radius 2 is 1.08 bits per heavy atom. The van der Waals surface area contributed by atoms with Gasteiger partial charge in [0.05, 0.1) is 0 Å². The second-order valence-electron chi connectivity index (χ2n) is 8.13. The van der Waals surface area contributed by atoms with E-state index >= 15 is 0 Å². The Labute approximate surface area is 200 Å². The molecule has 0 atom stereocenters. The smallest absolute Gasteiger partial charge is 0.429 e. The van der Waals surface area contributed by atoms with Crippen molar-refractivity contribution in [1.29, 1.82) is 0 Å². The van der Waals surface area contributed by atoms with Gasteiger partial charge in [0.1, 0.15) is 28.8 Å². The highest BCUT2D eigenvalue weighted by Crippen LogP contribution is 2.38. The van der Waals surface area contributed by atoms with E-state index in [0.717, 1.165) is 17.2 Å².